The molecule has 2 unspecified atom stereocenters. The van der Waals surface area contributed by atoms with E-state index < -0.39 is 0 Å². The Hall–Kier alpha value is -1.02. The summed E-state index contributed by atoms with van der Waals surface area (Å²) < 4.78 is 6.21. The van der Waals surface area contributed by atoms with Gasteiger partial charge in [-0.25, -0.2) is 0 Å². The summed E-state index contributed by atoms with van der Waals surface area (Å²) in [6, 6.07) is 8.72. The zero-order valence-corrected chi connectivity index (χ0v) is 11.2. The normalized spacial score (nSPS) is 29.9. The first kappa shape index (κ1) is 12.0. The van der Waals surface area contributed by atoms with Gasteiger partial charge in [0.15, 0.2) is 0 Å². The molecule has 2 aliphatic rings. The Bertz CT molecular complexity index is 423. The number of hydrogen-bond donors (Lipinski definition) is 1. The molecule has 0 aliphatic heterocycles. The Morgan fingerprint density at radius 2 is 2.00 bits per heavy atom. The van der Waals surface area contributed by atoms with Crippen LogP contribution in [0.15, 0.2) is 24.3 Å². The first-order valence-corrected chi connectivity index (χ1v) is 7.20. The van der Waals surface area contributed by atoms with Gasteiger partial charge in [-0.1, -0.05) is 31.4 Å². The molecule has 2 saturated carbocycles. The van der Waals surface area contributed by atoms with Crippen molar-refractivity contribution in [3.8, 4) is 5.75 Å². The summed E-state index contributed by atoms with van der Waals surface area (Å²) in [5.41, 5.74) is 7.82. The molecule has 2 atom stereocenters. The van der Waals surface area contributed by atoms with Crippen LogP contribution in [0, 0.1) is 12.3 Å². The Morgan fingerprint density at radius 3 is 2.67 bits per heavy atom. The van der Waals surface area contributed by atoms with Gasteiger partial charge in [-0.15, -0.1) is 0 Å². The number of nitrogens with two attached hydrogens (primary N) is 1. The van der Waals surface area contributed by atoms with Gasteiger partial charge in [0.2, 0.25) is 0 Å². The molecule has 0 saturated heterocycles. The lowest BCUT2D eigenvalue weighted by Crippen LogP contribution is -2.64. The van der Waals surface area contributed by atoms with E-state index in [0.29, 0.717) is 12.1 Å². The number of rotatable bonds is 2. The van der Waals surface area contributed by atoms with Gasteiger partial charge in [-0.2, -0.15) is 0 Å². The molecule has 0 heterocycles. The van der Waals surface area contributed by atoms with Crippen molar-refractivity contribution in [3.05, 3.63) is 29.8 Å². The van der Waals surface area contributed by atoms with Crippen molar-refractivity contribution >= 4 is 0 Å². The zero-order chi connectivity index (χ0) is 12.6. The van der Waals surface area contributed by atoms with E-state index in [1.807, 2.05) is 0 Å². The van der Waals surface area contributed by atoms with Crippen molar-refractivity contribution in [1.82, 2.24) is 0 Å². The van der Waals surface area contributed by atoms with Crippen LogP contribution in [-0.2, 0) is 0 Å². The molecule has 1 aromatic carbocycles. The quantitative estimate of drug-likeness (QED) is 0.866. The highest BCUT2D eigenvalue weighted by molar-refractivity contribution is 5.28. The maximum atomic E-state index is 6.28. The number of aryl methyl sites for hydroxylation is 1. The molecule has 0 aromatic heterocycles. The molecule has 0 radical (unpaired) electrons. The first-order valence-electron chi connectivity index (χ1n) is 7.20. The lowest BCUT2D eigenvalue weighted by atomic mass is 9.55. The second-order valence-electron chi connectivity index (χ2n) is 6.06. The lowest BCUT2D eigenvalue weighted by Gasteiger charge is -2.56. The maximum absolute atomic E-state index is 6.28. The van der Waals surface area contributed by atoms with E-state index in [0.717, 1.165) is 12.2 Å². The van der Waals surface area contributed by atoms with Crippen LogP contribution in [0.25, 0.3) is 0 Å². The Balaban J connectivity index is 1.73. The van der Waals surface area contributed by atoms with Gasteiger partial charge in [0, 0.05) is 17.9 Å². The molecular weight excluding hydrogens is 222 g/mol. The molecule has 1 spiro atoms. The molecule has 2 N–H and O–H groups in total. The van der Waals surface area contributed by atoms with E-state index in [-0.39, 0.29) is 5.41 Å². The largest absolute Gasteiger partial charge is 0.490 e. The first-order chi connectivity index (χ1) is 8.71. The van der Waals surface area contributed by atoms with Crippen LogP contribution in [0.2, 0.25) is 0 Å². The summed E-state index contributed by atoms with van der Waals surface area (Å²) in [5.74, 6) is 1.01. The van der Waals surface area contributed by atoms with Crippen LogP contribution in [-0.4, -0.2) is 12.1 Å². The summed E-state index contributed by atoms with van der Waals surface area (Å²) in [7, 11) is 0. The van der Waals surface area contributed by atoms with Crippen molar-refractivity contribution in [2.24, 2.45) is 11.1 Å². The van der Waals surface area contributed by atoms with E-state index in [1.165, 1.54) is 37.7 Å². The van der Waals surface area contributed by atoms with E-state index in [9.17, 15) is 0 Å². The smallest absolute Gasteiger partial charge is 0.120 e. The topological polar surface area (TPSA) is 35.2 Å². The van der Waals surface area contributed by atoms with Gasteiger partial charge in [0.05, 0.1) is 0 Å². The number of ether oxygens (including phenoxy) is 1. The number of benzene rings is 1. The SMILES string of the molecule is Cc1cccc(OC2CC(N)C23CCCCC3)c1. The van der Waals surface area contributed by atoms with Crippen molar-refractivity contribution in [3.63, 3.8) is 0 Å². The molecular formula is C16H23NO. The monoisotopic (exact) mass is 245 g/mol. The van der Waals surface area contributed by atoms with Crippen LogP contribution in [0.4, 0.5) is 0 Å². The fourth-order valence-corrected chi connectivity index (χ4v) is 3.70. The highest BCUT2D eigenvalue weighted by Gasteiger charge is 2.54. The second kappa shape index (κ2) is 4.58. The van der Waals surface area contributed by atoms with Gasteiger partial charge >= 0.3 is 0 Å². The second-order valence-corrected chi connectivity index (χ2v) is 6.06. The van der Waals surface area contributed by atoms with Crippen molar-refractivity contribution in [2.75, 3.05) is 0 Å². The van der Waals surface area contributed by atoms with E-state index in [1.54, 1.807) is 0 Å². The molecule has 2 fully saturated rings. The van der Waals surface area contributed by atoms with Crippen LogP contribution in [0.3, 0.4) is 0 Å². The summed E-state index contributed by atoms with van der Waals surface area (Å²) in [6.07, 6.45) is 7.88. The van der Waals surface area contributed by atoms with Gasteiger partial charge in [0.1, 0.15) is 11.9 Å². The van der Waals surface area contributed by atoms with Crippen LogP contribution in [0.1, 0.15) is 44.1 Å². The summed E-state index contributed by atoms with van der Waals surface area (Å²) in [4.78, 5) is 0. The van der Waals surface area contributed by atoms with Crippen molar-refractivity contribution in [2.45, 2.75) is 57.6 Å². The Morgan fingerprint density at radius 1 is 1.22 bits per heavy atom. The minimum Gasteiger partial charge on any atom is -0.490 e. The molecule has 0 bridgehead atoms. The van der Waals surface area contributed by atoms with Crippen molar-refractivity contribution < 1.29 is 4.74 Å². The summed E-state index contributed by atoms with van der Waals surface area (Å²) in [6.45, 7) is 2.11. The fraction of sp³-hybridized carbons (Fsp3) is 0.625. The molecule has 18 heavy (non-hydrogen) atoms. The molecule has 2 nitrogen and oxygen atoms in total. The molecule has 2 aliphatic carbocycles. The predicted octanol–water partition coefficient (Wildman–Crippen LogP) is 3.42. The minimum absolute atomic E-state index is 0.280. The minimum atomic E-state index is 0.280. The Labute approximate surface area is 110 Å². The summed E-state index contributed by atoms with van der Waals surface area (Å²) >= 11 is 0. The molecule has 1 aromatic rings. The van der Waals surface area contributed by atoms with Gasteiger partial charge in [-0.05, 0) is 37.5 Å². The van der Waals surface area contributed by atoms with Gasteiger partial charge in [0.25, 0.3) is 0 Å². The van der Waals surface area contributed by atoms with E-state index in [4.69, 9.17) is 10.5 Å². The molecule has 3 rings (SSSR count). The third-order valence-corrected chi connectivity index (χ3v) is 4.90. The molecule has 98 valence electrons. The third kappa shape index (κ3) is 1.93. The highest BCUT2D eigenvalue weighted by atomic mass is 16.5. The van der Waals surface area contributed by atoms with Crippen LogP contribution < -0.4 is 10.5 Å². The predicted molar refractivity (Wildman–Crippen MR) is 73.7 cm³/mol. The summed E-state index contributed by atoms with van der Waals surface area (Å²) in [5, 5.41) is 0. The average molecular weight is 245 g/mol. The fourth-order valence-electron chi connectivity index (χ4n) is 3.70. The average Bonchev–Trinajstić information content (AvgIpc) is 2.39. The molecule has 2 heteroatoms. The van der Waals surface area contributed by atoms with Crippen LogP contribution in [0.5, 0.6) is 5.75 Å². The van der Waals surface area contributed by atoms with E-state index in [2.05, 4.69) is 31.2 Å². The maximum Gasteiger partial charge on any atom is 0.120 e. The lowest BCUT2D eigenvalue weighted by molar-refractivity contribution is -0.0898. The number of hydrogen-bond acceptors (Lipinski definition) is 2. The zero-order valence-electron chi connectivity index (χ0n) is 11.2. The van der Waals surface area contributed by atoms with E-state index >= 15 is 0 Å². The van der Waals surface area contributed by atoms with Gasteiger partial charge < -0.3 is 10.5 Å². The van der Waals surface area contributed by atoms with Crippen LogP contribution >= 0.6 is 0 Å². The highest BCUT2D eigenvalue weighted by Crippen LogP contribution is 2.52. The Kier molecular flexibility index (Phi) is 3.06. The van der Waals surface area contributed by atoms with Crippen molar-refractivity contribution in [1.29, 1.82) is 0 Å². The molecule has 0 amide bonds. The standard InChI is InChI=1S/C16H23NO/c1-12-6-5-7-13(10-12)18-15-11-14(17)16(15)8-3-2-4-9-16/h5-7,10,14-15H,2-4,8-9,11,17H2,1H3. The van der Waals surface area contributed by atoms with Gasteiger partial charge in [-0.3, -0.25) is 0 Å². The third-order valence-electron chi connectivity index (χ3n) is 4.90.